The number of fused-ring (bicyclic) bond motifs is 3. The van der Waals surface area contributed by atoms with Crippen LogP contribution < -0.4 is 0 Å². The van der Waals surface area contributed by atoms with Gasteiger partial charge in [0.05, 0.1) is 0 Å². The van der Waals surface area contributed by atoms with E-state index >= 15 is 0 Å². The van der Waals surface area contributed by atoms with Crippen molar-refractivity contribution in [2.45, 2.75) is 97.8 Å². The Morgan fingerprint density at radius 2 is 0.709 bits per heavy atom. The molecule has 9 nitrogen and oxygen atoms in total. The van der Waals surface area contributed by atoms with Crippen molar-refractivity contribution in [2.75, 3.05) is 0 Å². The van der Waals surface area contributed by atoms with Gasteiger partial charge in [-0.15, -0.1) is 0 Å². The Morgan fingerprint density at radius 3 is 0.964 bits per heavy atom. The van der Waals surface area contributed by atoms with E-state index in [0.717, 1.165) is 73.9 Å². The van der Waals surface area contributed by atoms with E-state index in [0.29, 0.717) is 52.5 Å². The molecule has 0 amide bonds. The molecule has 3 aromatic carbocycles. The molecule has 0 aliphatic rings. The second-order valence-electron chi connectivity index (χ2n) is 13.2. The number of carbonyl (C=O) groups excluding carboxylic acids is 3. The van der Waals surface area contributed by atoms with Gasteiger partial charge in [-0.2, -0.15) is 0 Å². The maximum absolute atomic E-state index is 12.1. The second-order valence-corrected chi connectivity index (χ2v) is 13.2. The Hall–Kier alpha value is -5.17. The highest BCUT2D eigenvalue weighted by atomic mass is 27.0. The lowest BCUT2D eigenvalue weighted by Gasteiger charge is -2.06. The van der Waals surface area contributed by atoms with Crippen molar-refractivity contribution in [3.8, 4) is 17.2 Å². The van der Waals surface area contributed by atoms with Gasteiger partial charge in [-0.1, -0.05) is 77.5 Å². The molecule has 0 fully saturated rings. The summed E-state index contributed by atoms with van der Waals surface area (Å²) in [6.07, 6.45) is 15.8. The van der Waals surface area contributed by atoms with Crippen molar-refractivity contribution in [2.24, 2.45) is 0 Å². The van der Waals surface area contributed by atoms with Gasteiger partial charge >= 0.3 is 0 Å². The number of nitrogens with zero attached hydrogens (tertiary/aromatic N) is 3. The van der Waals surface area contributed by atoms with Gasteiger partial charge in [-0.25, -0.2) is 0 Å². The van der Waals surface area contributed by atoms with Gasteiger partial charge < -0.3 is 15.3 Å². The first kappa shape index (κ1) is 44.2. The maximum atomic E-state index is 12.1. The second kappa shape index (κ2) is 22.9. The first-order chi connectivity index (χ1) is 26.2. The molecule has 0 aliphatic carbocycles. The Labute approximate surface area is 334 Å². The highest BCUT2D eigenvalue weighted by Gasteiger charge is 2.14. The van der Waals surface area contributed by atoms with Crippen molar-refractivity contribution in [3.63, 3.8) is 0 Å². The highest BCUT2D eigenvalue weighted by molar-refractivity contribution is 6.10. The number of ketones is 3. The summed E-state index contributed by atoms with van der Waals surface area (Å²) in [5.74, 6) is 0.742. The lowest BCUT2D eigenvalue weighted by molar-refractivity contribution is 0.0972. The zero-order chi connectivity index (χ0) is 38.9. The molecule has 6 aromatic rings. The summed E-state index contributed by atoms with van der Waals surface area (Å²) >= 11 is 0. The summed E-state index contributed by atoms with van der Waals surface area (Å²) in [6, 6.07) is 20.5. The van der Waals surface area contributed by atoms with E-state index in [1.165, 1.54) is 0 Å². The molecule has 10 heteroatoms. The van der Waals surface area contributed by atoms with Crippen LogP contribution in [0.1, 0.15) is 129 Å². The van der Waals surface area contributed by atoms with E-state index in [9.17, 15) is 29.7 Å². The number of hydrogen-bond acceptors (Lipinski definition) is 9. The average molecular weight is 757 g/mol. The summed E-state index contributed by atoms with van der Waals surface area (Å²) in [5, 5.41) is 31.4. The zero-order valence-electron chi connectivity index (χ0n) is 32.1. The van der Waals surface area contributed by atoms with Crippen LogP contribution in [0, 0.1) is 0 Å². The van der Waals surface area contributed by atoms with Crippen LogP contribution in [0.25, 0.3) is 32.7 Å². The highest BCUT2D eigenvalue weighted by Crippen LogP contribution is 2.29. The number of phenolic OH excluding ortho intramolecular Hbond substituents is 3. The van der Waals surface area contributed by atoms with Crippen LogP contribution in [0.3, 0.4) is 0 Å². The SMILES string of the molecule is CCCCCC(=O)c1ccc(O)c2ncccc12.CCCCCC(=O)c1ccc(O)c2ncccc12.CCCCCC(=O)c1ccc(O)c2ncccc12.[Al]. The minimum absolute atomic E-state index is 0. The van der Waals surface area contributed by atoms with Crippen LogP contribution in [0.15, 0.2) is 91.4 Å². The number of hydrogen-bond donors (Lipinski definition) is 3. The topological polar surface area (TPSA) is 151 Å². The molecule has 3 aromatic heterocycles. The number of carbonyl (C=O) groups is 3. The van der Waals surface area contributed by atoms with Crippen molar-refractivity contribution >= 4 is 67.4 Å². The van der Waals surface area contributed by atoms with Gasteiger partial charge in [0, 0.05) is 88.1 Å². The van der Waals surface area contributed by atoms with Gasteiger partial charge in [0.25, 0.3) is 0 Å². The number of aromatic nitrogens is 3. The van der Waals surface area contributed by atoms with E-state index < -0.39 is 0 Å². The summed E-state index contributed by atoms with van der Waals surface area (Å²) < 4.78 is 0. The molecule has 3 N–H and O–H groups in total. The van der Waals surface area contributed by atoms with E-state index in [4.69, 9.17) is 0 Å². The lowest BCUT2D eigenvalue weighted by atomic mass is 10.00. The molecular weight excluding hydrogens is 705 g/mol. The van der Waals surface area contributed by atoms with Crippen molar-refractivity contribution in [1.82, 2.24) is 15.0 Å². The fourth-order valence-corrected chi connectivity index (χ4v) is 6.21. The Kier molecular flexibility index (Phi) is 18.4. The van der Waals surface area contributed by atoms with E-state index in [1.807, 2.05) is 18.2 Å². The number of aromatic hydroxyl groups is 3. The third-order valence-electron chi connectivity index (χ3n) is 9.17. The number of rotatable bonds is 15. The number of unbranched alkanes of at least 4 members (excludes halogenated alkanes) is 6. The number of phenols is 3. The Morgan fingerprint density at radius 1 is 0.436 bits per heavy atom. The summed E-state index contributed by atoms with van der Waals surface area (Å²) in [7, 11) is 0. The molecular formula is C45H51AlN3O6. The van der Waals surface area contributed by atoms with E-state index in [2.05, 4.69) is 35.7 Å². The molecule has 0 unspecified atom stereocenters. The number of pyridine rings is 3. The third-order valence-corrected chi connectivity index (χ3v) is 9.17. The number of Topliss-reactive ketones (excluding diaryl/α,β-unsaturated/α-hetero) is 3. The van der Waals surface area contributed by atoms with Gasteiger partial charge in [-0.05, 0) is 73.9 Å². The first-order valence-electron chi connectivity index (χ1n) is 19.0. The quantitative estimate of drug-likeness (QED) is 0.0528. The fourth-order valence-electron chi connectivity index (χ4n) is 6.21. The molecule has 285 valence electrons. The fraction of sp³-hybridized carbons (Fsp3) is 0.333. The van der Waals surface area contributed by atoms with Crippen LogP contribution in [-0.2, 0) is 0 Å². The maximum Gasteiger partial charge on any atom is 0.163 e. The normalized spacial score (nSPS) is 10.5. The molecule has 3 radical (unpaired) electrons. The zero-order valence-corrected chi connectivity index (χ0v) is 33.3. The van der Waals surface area contributed by atoms with Crippen LogP contribution in [-0.4, -0.2) is 65.0 Å². The molecule has 3 heterocycles. The molecule has 0 aliphatic heterocycles. The number of benzene rings is 3. The van der Waals surface area contributed by atoms with E-state index in [1.54, 1.807) is 73.2 Å². The third kappa shape index (κ3) is 12.2. The standard InChI is InChI=1S/3C15H17NO2.Al/c3*1-2-3-4-7-13(17)11-8-9-14(18)15-12(11)6-5-10-16-15;/h3*5-6,8-10,18H,2-4,7H2,1H3;. The minimum atomic E-state index is 0. The van der Waals surface area contributed by atoms with Gasteiger partial charge in [0.2, 0.25) is 0 Å². The largest absolute Gasteiger partial charge is 0.506 e. The molecule has 0 saturated carbocycles. The summed E-state index contributed by atoms with van der Waals surface area (Å²) in [4.78, 5) is 48.8. The summed E-state index contributed by atoms with van der Waals surface area (Å²) in [5.41, 5.74) is 3.47. The lowest BCUT2D eigenvalue weighted by Crippen LogP contribution is -2.00. The minimum Gasteiger partial charge on any atom is -0.506 e. The molecule has 6 rings (SSSR count). The Bertz CT molecular complexity index is 1940. The van der Waals surface area contributed by atoms with Crippen LogP contribution in [0.2, 0.25) is 0 Å². The van der Waals surface area contributed by atoms with Crippen LogP contribution in [0.5, 0.6) is 17.2 Å². The van der Waals surface area contributed by atoms with Crippen molar-refractivity contribution < 1.29 is 29.7 Å². The first-order valence-corrected chi connectivity index (χ1v) is 19.0. The predicted octanol–water partition coefficient (Wildman–Crippen LogP) is 10.7. The van der Waals surface area contributed by atoms with Crippen molar-refractivity contribution in [1.29, 1.82) is 0 Å². The van der Waals surface area contributed by atoms with Crippen LogP contribution in [0.4, 0.5) is 0 Å². The molecule has 0 spiro atoms. The molecule has 55 heavy (non-hydrogen) atoms. The predicted molar refractivity (Wildman–Crippen MR) is 221 cm³/mol. The van der Waals surface area contributed by atoms with Gasteiger partial charge in [0.15, 0.2) is 17.3 Å². The van der Waals surface area contributed by atoms with Crippen molar-refractivity contribution in [3.05, 3.63) is 108 Å². The molecule has 0 bridgehead atoms. The smallest absolute Gasteiger partial charge is 0.163 e. The van der Waals surface area contributed by atoms with Crippen LogP contribution >= 0.6 is 0 Å². The average Bonchev–Trinajstić information content (AvgIpc) is 3.19. The van der Waals surface area contributed by atoms with E-state index in [-0.39, 0.29) is 52.0 Å². The molecule has 0 saturated heterocycles. The molecule has 0 atom stereocenters. The Balaban J connectivity index is 0.000000220. The van der Waals surface area contributed by atoms with Gasteiger partial charge in [0.1, 0.15) is 33.8 Å². The monoisotopic (exact) mass is 756 g/mol. The summed E-state index contributed by atoms with van der Waals surface area (Å²) in [6.45, 7) is 6.35. The van der Waals surface area contributed by atoms with Gasteiger partial charge in [-0.3, -0.25) is 29.3 Å².